The number of aryl methyl sites for hydroxylation is 2. The van der Waals surface area contributed by atoms with Crippen molar-refractivity contribution in [1.82, 2.24) is 10.2 Å². The zero-order valence-corrected chi connectivity index (χ0v) is 16.5. The number of carbonyl (C=O) groups excluding carboxylic acids is 3. The molecule has 0 aliphatic carbocycles. The fourth-order valence-electron chi connectivity index (χ4n) is 2.81. The summed E-state index contributed by atoms with van der Waals surface area (Å²) in [5.74, 6) is -0.922. The first-order valence-corrected chi connectivity index (χ1v) is 9.15. The van der Waals surface area contributed by atoms with E-state index in [1.54, 1.807) is 12.1 Å². The topological polar surface area (TPSA) is 75.7 Å². The average Bonchev–Trinajstić information content (AvgIpc) is 2.69. The Kier molecular flexibility index (Phi) is 7.75. The lowest BCUT2D eigenvalue weighted by molar-refractivity contribution is -0.147. The Morgan fingerprint density at radius 3 is 2.25 bits per heavy atom. The third-order valence-corrected chi connectivity index (χ3v) is 4.54. The van der Waals surface area contributed by atoms with E-state index < -0.39 is 5.97 Å². The summed E-state index contributed by atoms with van der Waals surface area (Å²) >= 11 is 0. The maximum Gasteiger partial charge on any atom is 0.325 e. The minimum absolute atomic E-state index is 0.0977. The molecule has 0 saturated carbocycles. The Morgan fingerprint density at radius 1 is 0.964 bits per heavy atom. The highest BCUT2D eigenvalue weighted by Crippen LogP contribution is 2.12. The summed E-state index contributed by atoms with van der Waals surface area (Å²) in [6, 6.07) is 15.0. The molecule has 2 amide bonds. The molecule has 2 aromatic carbocycles. The van der Waals surface area contributed by atoms with Crippen molar-refractivity contribution in [2.75, 3.05) is 20.2 Å². The van der Waals surface area contributed by atoms with E-state index in [2.05, 4.69) is 5.32 Å². The fraction of sp³-hybridized carbons (Fsp3) is 0.318. The molecule has 0 aliphatic heterocycles. The number of nitrogens with zero attached hydrogens (tertiary/aromatic N) is 1. The van der Waals surface area contributed by atoms with Crippen molar-refractivity contribution in [1.29, 1.82) is 0 Å². The molecule has 2 rings (SSSR count). The Balaban J connectivity index is 1.98. The number of hydrogen-bond acceptors (Lipinski definition) is 4. The second-order valence-corrected chi connectivity index (χ2v) is 6.57. The van der Waals surface area contributed by atoms with Gasteiger partial charge in [0.05, 0.1) is 7.11 Å². The first-order chi connectivity index (χ1) is 13.4. The number of rotatable bonds is 8. The molecule has 28 heavy (non-hydrogen) atoms. The summed E-state index contributed by atoms with van der Waals surface area (Å²) < 4.78 is 4.71. The molecule has 148 valence electrons. The molecule has 1 N–H and O–H groups in total. The fourth-order valence-corrected chi connectivity index (χ4v) is 2.81. The summed E-state index contributed by atoms with van der Waals surface area (Å²) in [4.78, 5) is 38.1. The van der Waals surface area contributed by atoms with Crippen molar-refractivity contribution in [2.24, 2.45) is 0 Å². The maximum atomic E-state index is 12.7. The van der Waals surface area contributed by atoms with E-state index >= 15 is 0 Å². The first kappa shape index (κ1) is 21.2. The van der Waals surface area contributed by atoms with Crippen LogP contribution in [-0.2, 0) is 20.9 Å². The quantitative estimate of drug-likeness (QED) is 0.712. The van der Waals surface area contributed by atoms with E-state index in [0.717, 1.165) is 16.7 Å². The van der Waals surface area contributed by atoms with E-state index in [9.17, 15) is 14.4 Å². The monoisotopic (exact) mass is 382 g/mol. The molecular formula is C22H26N2O4. The molecule has 0 unspecified atom stereocenters. The summed E-state index contributed by atoms with van der Waals surface area (Å²) in [6.07, 6.45) is 0.0977. The number of carbonyl (C=O) groups is 3. The SMILES string of the molecule is COC(=O)CN(Cc1ccccc1C)C(=O)CCNC(=O)c1ccccc1C. The van der Waals surface area contributed by atoms with Crippen LogP contribution in [0.25, 0.3) is 0 Å². The molecule has 6 heteroatoms. The number of methoxy groups -OCH3 is 1. The van der Waals surface area contributed by atoms with E-state index in [-0.39, 0.29) is 31.3 Å². The van der Waals surface area contributed by atoms with Gasteiger partial charge in [0.1, 0.15) is 6.54 Å². The first-order valence-electron chi connectivity index (χ1n) is 9.15. The summed E-state index contributed by atoms with van der Waals surface area (Å²) in [5.41, 5.74) is 3.46. The van der Waals surface area contributed by atoms with Gasteiger partial charge >= 0.3 is 5.97 Å². The van der Waals surface area contributed by atoms with Crippen molar-refractivity contribution < 1.29 is 19.1 Å². The highest BCUT2D eigenvalue weighted by molar-refractivity contribution is 5.95. The molecule has 0 spiro atoms. The van der Waals surface area contributed by atoms with Crippen molar-refractivity contribution in [3.8, 4) is 0 Å². The lowest BCUT2D eigenvalue weighted by Gasteiger charge is -2.22. The van der Waals surface area contributed by atoms with Gasteiger partial charge in [-0.15, -0.1) is 0 Å². The van der Waals surface area contributed by atoms with Crippen LogP contribution in [0.3, 0.4) is 0 Å². The number of amides is 2. The Bertz CT molecular complexity index is 848. The number of benzene rings is 2. The molecule has 0 heterocycles. The van der Waals surface area contributed by atoms with Crippen LogP contribution in [0.1, 0.15) is 33.5 Å². The van der Waals surface area contributed by atoms with Crippen LogP contribution in [0.15, 0.2) is 48.5 Å². The van der Waals surface area contributed by atoms with Crippen molar-refractivity contribution in [3.05, 3.63) is 70.8 Å². The number of hydrogen-bond donors (Lipinski definition) is 1. The zero-order chi connectivity index (χ0) is 20.5. The molecule has 0 aromatic heterocycles. The molecule has 0 saturated heterocycles. The average molecular weight is 382 g/mol. The maximum absolute atomic E-state index is 12.7. The molecular weight excluding hydrogens is 356 g/mol. The van der Waals surface area contributed by atoms with Gasteiger partial charge in [0.25, 0.3) is 5.91 Å². The normalized spacial score (nSPS) is 10.2. The zero-order valence-electron chi connectivity index (χ0n) is 16.5. The van der Waals surface area contributed by atoms with Crippen LogP contribution in [0.4, 0.5) is 0 Å². The van der Waals surface area contributed by atoms with Crippen LogP contribution in [-0.4, -0.2) is 42.9 Å². The van der Waals surface area contributed by atoms with Crippen molar-refractivity contribution >= 4 is 17.8 Å². The van der Waals surface area contributed by atoms with Crippen LogP contribution >= 0.6 is 0 Å². The number of esters is 1. The van der Waals surface area contributed by atoms with Gasteiger partial charge in [-0.25, -0.2) is 0 Å². The minimum Gasteiger partial charge on any atom is -0.468 e. The molecule has 0 radical (unpaired) electrons. The van der Waals surface area contributed by atoms with Gasteiger partial charge in [-0.3, -0.25) is 14.4 Å². The molecule has 6 nitrogen and oxygen atoms in total. The Hall–Kier alpha value is -3.15. The molecule has 2 aromatic rings. The van der Waals surface area contributed by atoms with E-state index in [4.69, 9.17) is 4.74 Å². The summed E-state index contributed by atoms with van der Waals surface area (Å²) in [7, 11) is 1.29. The highest BCUT2D eigenvalue weighted by atomic mass is 16.5. The molecule has 0 bridgehead atoms. The Labute approximate surface area is 165 Å². The largest absolute Gasteiger partial charge is 0.468 e. The lowest BCUT2D eigenvalue weighted by Crippen LogP contribution is -2.38. The van der Waals surface area contributed by atoms with Gasteiger partial charge in [0, 0.05) is 25.1 Å². The Morgan fingerprint density at radius 2 is 1.61 bits per heavy atom. The number of ether oxygens (including phenoxy) is 1. The second kappa shape index (κ2) is 10.3. The molecule has 0 aliphatic rings. The predicted molar refractivity (Wildman–Crippen MR) is 107 cm³/mol. The van der Waals surface area contributed by atoms with Crippen LogP contribution in [0.2, 0.25) is 0 Å². The summed E-state index contributed by atoms with van der Waals surface area (Å²) in [5, 5.41) is 2.77. The van der Waals surface area contributed by atoms with E-state index in [0.29, 0.717) is 12.1 Å². The van der Waals surface area contributed by atoms with Crippen molar-refractivity contribution in [2.45, 2.75) is 26.8 Å². The molecule has 0 atom stereocenters. The van der Waals surface area contributed by atoms with Gasteiger partial charge in [0.15, 0.2) is 0 Å². The third kappa shape index (κ3) is 5.94. The smallest absolute Gasteiger partial charge is 0.325 e. The summed E-state index contributed by atoms with van der Waals surface area (Å²) in [6.45, 7) is 4.19. The highest BCUT2D eigenvalue weighted by Gasteiger charge is 2.19. The second-order valence-electron chi connectivity index (χ2n) is 6.57. The third-order valence-electron chi connectivity index (χ3n) is 4.54. The molecule has 0 fully saturated rings. The standard InChI is InChI=1S/C22H26N2O4/c1-16-8-4-6-10-18(16)14-24(15-21(26)28-3)20(25)12-13-23-22(27)19-11-7-5-9-17(19)2/h4-11H,12-15H2,1-3H3,(H,23,27). The van der Waals surface area contributed by atoms with Gasteiger partial charge in [-0.05, 0) is 36.6 Å². The van der Waals surface area contributed by atoms with E-state index in [1.807, 2.05) is 50.2 Å². The minimum atomic E-state index is -0.481. The van der Waals surface area contributed by atoms with Gasteiger partial charge in [-0.1, -0.05) is 42.5 Å². The van der Waals surface area contributed by atoms with Gasteiger partial charge < -0.3 is 15.0 Å². The number of nitrogens with one attached hydrogen (secondary N) is 1. The van der Waals surface area contributed by atoms with Crippen molar-refractivity contribution in [3.63, 3.8) is 0 Å². The van der Waals surface area contributed by atoms with E-state index in [1.165, 1.54) is 12.0 Å². The van der Waals surface area contributed by atoms with Crippen LogP contribution in [0, 0.1) is 13.8 Å². The lowest BCUT2D eigenvalue weighted by atomic mass is 10.1. The van der Waals surface area contributed by atoms with Gasteiger partial charge in [0.2, 0.25) is 5.91 Å². The van der Waals surface area contributed by atoms with Crippen LogP contribution in [0.5, 0.6) is 0 Å². The van der Waals surface area contributed by atoms with Crippen LogP contribution < -0.4 is 5.32 Å². The van der Waals surface area contributed by atoms with Gasteiger partial charge in [-0.2, -0.15) is 0 Å². The predicted octanol–water partition coefficient (Wildman–Crippen LogP) is 2.63.